The Kier molecular flexibility index (Phi) is 6.84. The second-order valence-electron chi connectivity index (χ2n) is 14.9. The van der Waals surface area contributed by atoms with E-state index in [4.69, 9.17) is 14.7 Å². The molecule has 1 atom stereocenters. The summed E-state index contributed by atoms with van der Waals surface area (Å²) < 4.78 is 8.99. The van der Waals surface area contributed by atoms with Gasteiger partial charge in [0.1, 0.15) is 23.2 Å². The molecule has 1 N–H and O–H groups in total. The zero-order valence-electron chi connectivity index (χ0n) is 30.8. The van der Waals surface area contributed by atoms with Gasteiger partial charge >= 0.3 is 0 Å². The number of hydrogen-bond donors (Lipinski definition) is 1. The van der Waals surface area contributed by atoms with E-state index in [1.165, 1.54) is 44.1 Å². The van der Waals surface area contributed by atoms with Gasteiger partial charge in [0, 0.05) is 44.3 Å². The summed E-state index contributed by atoms with van der Waals surface area (Å²) in [6, 6.07) is 68.8. The lowest BCUT2D eigenvalue weighted by atomic mass is 9.65. The van der Waals surface area contributed by atoms with Crippen LogP contribution in [0.4, 0.5) is 0 Å². The third-order valence-corrected chi connectivity index (χ3v) is 11.9. The monoisotopic (exact) mass is 730 g/mol. The van der Waals surface area contributed by atoms with Crippen LogP contribution in [-0.4, -0.2) is 16.2 Å². The van der Waals surface area contributed by atoms with Crippen LogP contribution in [0.5, 0.6) is 11.5 Å². The lowest BCUT2D eigenvalue weighted by molar-refractivity contribution is 0.435. The first-order valence-electron chi connectivity index (χ1n) is 19.4. The molecule has 5 heteroatoms. The van der Waals surface area contributed by atoms with Crippen LogP contribution >= 0.6 is 0 Å². The molecule has 0 fully saturated rings. The molecule has 3 aliphatic rings. The molecule has 1 spiro atoms. The minimum atomic E-state index is -0.638. The molecule has 1 unspecified atom stereocenters. The van der Waals surface area contributed by atoms with Crippen LogP contribution in [0.3, 0.4) is 0 Å². The molecule has 0 saturated carbocycles. The molecule has 3 heterocycles. The van der Waals surface area contributed by atoms with Crippen LogP contribution in [0.25, 0.3) is 38.6 Å². The predicted octanol–water partition coefficient (Wildman–Crippen LogP) is 11.7. The van der Waals surface area contributed by atoms with Crippen molar-refractivity contribution in [3.8, 4) is 28.3 Å². The number of aliphatic imine (C=N–C) groups is 2. The molecule has 268 valence electrons. The Balaban J connectivity index is 1.06. The number of amidine groups is 2. The lowest BCUT2D eigenvalue weighted by Gasteiger charge is -2.40. The van der Waals surface area contributed by atoms with Crippen molar-refractivity contribution in [1.29, 1.82) is 0 Å². The van der Waals surface area contributed by atoms with Gasteiger partial charge in [0.05, 0.1) is 16.4 Å². The lowest BCUT2D eigenvalue weighted by Crippen LogP contribution is -2.37. The standard InChI is InChI=1S/C52H34N4O/c1-2-15-33(16-3-1)49-53-50(34-29-31-35(32-30-34)56-44-25-10-5-18-37(44)38-19-6-11-26-45(38)56)55-51(54-49)40-21-14-20-39-36-17-4-7-22-41(36)52(48(39)40)42-23-8-12-27-46(42)57-47-28-13-9-24-43(47)52/h1-32,51H,(H,53,54,55). The van der Waals surface area contributed by atoms with E-state index in [2.05, 4.69) is 198 Å². The van der Waals surface area contributed by atoms with Crippen LogP contribution in [0.15, 0.2) is 204 Å². The number of aromatic nitrogens is 1. The van der Waals surface area contributed by atoms with Gasteiger partial charge in [0.2, 0.25) is 0 Å². The number of nitrogens with zero attached hydrogens (tertiary/aromatic N) is 3. The summed E-state index contributed by atoms with van der Waals surface area (Å²) in [6.45, 7) is 0. The highest BCUT2D eigenvalue weighted by Crippen LogP contribution is 2.63. The fourth-order valence-electron chi connectivity index (χ4n) is 9.61. The Morgan fingerprint density at radius 1 is 0.456 bits per heavy atom. The maximum atomic E-state index is 6.65. The van der Waals surface area contributed by atoms with Crippen LogP contribution < -0.4 is 10.1 Å². The molecule has 0 saturated heterocycles. The van der Waals surface area contributed by atoms with E-state index >= 15 is 0 Å². The second kappa shape index (κ2) is 12.3. The first-order chi connectivity index (χ1) is 28.3. The SMILES string of the molecule is c1ccc(C2=NC(c3cccc4c3C3(c5ccccc5Oc5ccccc53)c3ccccc3-4)N=C(c3ccc(-n4c5ccccc5c5ccccc54)cc3)N2)cc1. The van der Waals surface area contributed by atoms with E-state index in [9.17, 15) is 0 Å². The molecule has 5 nitrogen and oxygen atoms in total. The van der Waals surface area contributed by atoms with Crippen molar-refractivity contribution in [2.24, 2.45) is 9.98 Å². The van der Waals surface area contributed by atoms with Gasteiger partial charge < -0.3 is 14.6 Å². The van der Waals surface area contributed by atoms with Crippen molar-refractivity contribution in [1.82, 2.24) is 9.88 Å². The summed E-state index contributed by atoms with van der Waals surface area (Å²) in [5.41, 5.74) is 13.0. The van der Waals surface area contributed by atoms with Crippen molar-refractivity contribution in [3.05, 3.63) is 233 Å². The molecule has 12 rings (SSSR count). The zero-order valence-corrected chi connectivity index (χ0v) is 30.8. The van der Waals surface area contributed by atoms with Gasteiger partial charge in [-0.05, 0) is 70.8 Å². The largest absolute Gasteiger partial charge is 0.457 e. The van der Waals surface area contributed by atoms with Crippen LogP contribution in [0.2, 0.25) is 0 Å². The highest BCUT2D eigenvalue weighted by atomic mass is 16.5. The van der Waals surface area contributed by atoms with E-state index in [0.29, 0.717) is 0 Å². The van der Waals surface area contributed by atoms with Gasteiger partial charge in [-0.1, -0.05) is 146 Å². The summed E-state index contributed by atoms with van der Waals surface area (Å²) in [4.78, 5) is 10.9. The van der Waals surface area contributed by atoms with E-state index in [-0.39, 0.29) is 0 Å². The number of para-hydroxylation sites is 4. The maximum absolute atomic E-state index is 6.65. The van der Waals surface area contributed by atoms with Gasteiger partial charge in [-0.2, -0.15) is 0 Å². The smallest absolute Gasteiger partial charge is 0.170 e. The quantitative estimate of drug-likeness (QED) is 0.196. The van der Waals surface area contributed by atoms with Gasteiger partial charge in [-0.15, -0.1) is 0 Å². The summed E-state index contributed by atoms with van der Waals surface area (Å²) in [5, 5.41) is 6.15. The Bertz CT molecular complexity index is 3040. The number of hydrogen-bond acceptors (Lipinski definition) is 4. The molecular formula is C52H34N4O. The molecule has 0 amide bonds. The number of rotatable bonds is 4. The van der Waals surface area contributed by atoms with E-state index in [0.717, 1.165) is 56.7 Å². The molecule has 1 aromatic heterocycles. The molecule has 2 aliphatic heterocycles. The number of fused-ring (bicyclic) bond motifs is 12. The summed E-state index contributed by atoms with van der Waals surface area (Å²) in [5.74, 6) is 3.28. The van der Waals surface area contributed by atoms with E-state index in [1.54, 1.807) is 0 Å². The fourth-order valence-corrected chi connectivity index (χ4v) is 9.61. The Hall–Kier alpha value is -7.50. The summed E-state index contributed by atoms with van der Waals surface area (Å²) >= 11 is 0. The maximum Gasteiger partial charge on any atom is 0.170 e. The molecule has 9 aromatic rings. The minimum absolute atomic E-state index is 0.531. The van der Waals surface area contributed by atoms with Crippen molar-refractivity contribution in [2.75, 3.05) is 0 Å². The Morgan fingerprint density at radius 2 is 0.982 bits per heavy atom. The molecule has 0 radical (unpaired) electrons. The molecule has 0 bridgehead atoms. The van der Waals surface area contributed by atoms with Gasteiger partial charge in [0.25, 0.3) is 0 Å². The van der Waals surface area contributed by atoms with Crippen LogP contribution in [0.1, 0.15) is 45.1 Å². The zero-order chi connectivity index (χ0) is 37.5. The Morgan fingerprint density at radius 3 is 1.65 bits per heavy atom. The summed E-state index contributed by atoms with van der Waals surface area (Å²) in [6.07, 6.45) is -0.531. The van der Waals surface area contributed by atoms with E-state index < -0.39 is 11.6 Å². The van der Waals surface area contributed by atoms with Crippen LogP contribution in [0, 0.1) is 0 Å². The molecule has 1 aliphatic carbocycles. The normalized spacial score (nSPS) is 15.8. The first-order valence-corrected chi connectivity index (χ1v) is 19.4. The van der Waals surface area contributed by atoms with Gasteiger partial charge in [-0.25, -0.2) is 9.98 Å². The number of nitrogens with one attached hydrogen (secondary N) is 1. The van der Waals surface area contributed by atoms with Crippen molar-refractivity contribution >= 4 is 33.5 Å². The van der Waals surface area contributed by atoms with Crippen molar-refractivity contribution in [3.63, 3.8) is 0 Å². The fraction of sp³-hybridized carbons (Fsp3) is 0.0385. The van der Waals surface area contributed by atoms with Crippen LogP contribution in [-0.2, 0) is 5.41 Å². The van der Waals surface area contributed by atoms with Gasteiger partial charge in [0.15, 0.2) is 6.17 Å². The minimum Gasteiger partial charge on any atom is -0.457 e. The number of benzene rings is 8. The first kappa shape index (κ1) is 31.8. The number of ether oxygens (including phenoxy) is 1. The molecule has 8 aromatic carbocycles. The second-order valence-corrected chi connectivity index (χ2v) is 14.9. The van der Waals surface area contributed by atoms with Crippen molar-refractivity contribution in [2.45, 2.75) is 11.6 Å². The average molecular weight is 731 g/mol. The topological polar surface area (TPSA) is 50.9 Å². The Labute approximate surface area is 329 Å². The highest BCUT2D eigenvalue weighted by Gasteiger charge is 2.52. The van der Waals surface area contributed by atoms with E-state index in [1.807, 2.05) is 6.07 Å². The third kappa shape index (κ3) is 4.57. The third-order valence-electron chi connectivity index (χ3n) is 11.9. The summed E-state index contributed by atoms with van der Waals surface area (Å²) in [7, 11) is 0. The highest BCUT2D eigenvalue weighted by molar-refractivity contribution is 6.16. The predicted molar refractivity (Wildman–Crippen MR) is 230 cm³/mol. The van der Waals surface area contributed by atoms with Crippen molar-refractivity contribution < 1.29 is 4.74 Å². The van der Waals surface area contributed by atoms with Gasteiger partial charge in [-0.3, -0.25) is 0 Å². The molecule has 57 heavy (non-hydrogen) atoms. The molecular weight excluding hydrogens is 697 g/mol. The average Bonchev–Trinajstić information content (AvgIpc) is 3.78.